The predicted octanol–water partition coefficient (Wildman–Crippen LogP) is 3.57. The number of nitrogens with one attached hydrogen (secondary N) is 1. The minimum atomic E-state index is -3.83. The van der Waals surface area contributed by atoms with Crippen molar-refractivity contribution in [3.05, 3.63) is 44.6 Å². The van der Waals surface area contributed by atoms with Crippen LogP contribution in [0.5, 0.6) is 0 Å². The van der Waals surface area contributed by atoms with Crippen molar-refractivity contribution in [2.75, 3.05) is 4.72 Å². The molecule has 0 aliphatic heterocycles. The van der Waals surface area contributed by atoms with E-state index in [4.69, 9.17) is 5.11 Å². The van der Waals surface area contributed by atoms with Crippen molar-refractivity contribution < 1.29 is 18.3 Å². The number of rotatable bonds is 5. The number of carboxylic acid groups (broad SMARTS) is 1. The average molecular weight is 390 g/mol. The lowest BCUT2D eigenvalue weighted by molar-refractivity contribution is 0.0702. The summed E-state index contributed by atoms with van der Waals surface area (Å²) in [5.74, 6) is -1.16. The number of aromatic carboxylic acids is 1. The normalized spacial score (nSPS) is 11.3. The number of anilines is 1. The fourth-order valence-electron chi connectivity index (χ4n) is 1.66. The molecule has 0 saturated carbocycles. The molecule has 1 heterocycles. The molecule has 0 unspecified atom stereocenters. The van der Waals surface area contributed by atoms with Crippen molar-refractivity contribution >= 4 is 48.9 Å². The van der Waals surface area contributed by atoms with Gasteiger partial charge in [-0.1, -0.05) is 19.1 Å². The Morgan fingerprint density at radius 1 is 1.33 bits per heavy atom. The molecule has 0 radical (unpaired) electrons. The maximum atomic E-state index is 12.3. The van der Waals surface area contributed by atoms with Crippen LogP contribution in [-0.4, -0.2) is 19.5 Å². The van der Waals surface area contributed by atoms with Crippen LogP contribution in [0.1, 0.15) is 22.2 Å². The highest BCUT2D eigenvalue weighted by Gasteiger charge is 2.23. The van der Waals surface area contributed by atoms with E-state index in [-0.39, 0.29) is 13.6 Å². The third kappa shape index (κ3) is 3.63. The minimum Gasteiger partial charge on any atom is -0.477 e. The molecule has 0 fully saturated rings. The van der Waals surface area contributed by atoms with Crippen LogP contribution in [0.2, 0.25) is 0 Å². The molecule has 5 nitrogen and oxygen atoms in total. The van der Waals surface area contributed by atoms with Gasteiger partial charge in [0.05, 0.1) is 3.79 Å². The van der Waals surface area contributed by atoms with E-state index in [9.17, 15) is 13.2 Å². The first-order valence-corrected chi connectivity index (χ1v) is 9.07. The molecule has 112 valence electrons. The summed E-state index contributed by atoms with van der Waals surface area (Å²) in [6, 6.07) is 8.16. The molecule has 0 spiro atoms. The SMILES string of the molecule is CCc1ccc(NS(=O)(=O)c2cc(C(=O)O)sc2Br)cc1. The molecule has 1 aromatic heterocycles. The Balaban J connectivity index is 2.31. The van der Waals surface area contributed by atoms with Crippen LogP contribution in [-0.2, 0) is 16.4 Å². The van der Waals surface area contributed by atoms with Gasteiger partial charge in [0.2, 0.25) is 0 Å². The first kappa shape index (κ1) is 16.0. The van der Waals surface area contributed by atoms with Crippen LogP contribution in [0.25, 0.3) is 0 Å². The molecule has 2 aromatic rings. The van der Waals surface area contributed by atoms with Crippen molar-refractivity contribution in [3.8, 4) is 0 Å². The van der Waals surface area contributed by atoms with E-state index >= 15 is 0 Å². The fraction of sp³-hybridized carbons (Fsp3) is 0.154. The summed E-state index contributed by atoms with van der Waals surface area (Å²) in [4.78, 5) is 10.8. The third-order valence-electron chi connectivity index (χ3n) is 2.77. The van der Waals surface area contributed by atoms with E-state index in [0.29, 0.717) is 5.69 Å². The Bertz CT molecular complexity index is 766. The molecule has 2 N–H and O–H groups in total. The average Bonchev–Trinajstić information content (AvgIpc) is 2.82. The van der Waals surface area contributed by atoms with Crippen LogP contribution >= 0.6 is 27.3 Å². The second kappa shape index (κ2) is 6.17. The summed E-state index contributed by atoms with van der Waals surface area (Å²) in [6.07, 6.45) is 0.866. The summed E-state index contributed by atoms with van der Waals surface area (Å²) in [5.41, 5.74) is 1.53. The van der Waals surface area contributed by atoms with E-state index in [2.05, 4.69) is 20.7 Å². The highest BCUT2D eigenvalue weighted by molar-refractivity contribution is 9.11. The lowest BCUT2D eigenvalue weighted by Crippen LogP contribution is -2.12. The highest BCUT2D eigenvalue weighted by atomic mass is 79.9. The van der Waals surface area contributed by atoms with E-state index in [1.54, 1.807) is 12.1 Å². The first-order chi connectivity index (χ1) is 9.83. The topological polar surface area (TPSA) is 83.5 Å². The number of halogens is 1. The number of sulfonamides is 1. The van der Waals surface area contributed by atoms with Gasteiger partial charge in [0.15, 0.2) is 0 Å². The maximum Gasteiger partial charge on any atom is 0.345 e. The number of thiophene rings is 1. The Kier molecular flexibility index (Phi) is 4.70. The van der Waals surface area contributed by atoms with Gasteiger partial charge in [-0.15, -0.1) is 11.3 Å². The van der Waals surface area contributed by atoms with Crippen molar-refractivity contribution in [3.63, 3.8) is 0 Å². The zero-order valence-corrected chi connectivity index (χ0v) is 14.2. The van der Waals surface area contributed by atoms with Crippen LogP contribution < -0.4 is 4.72 Å². The van der Waals surface area contributed by atoms with Gasteiger partial charge in [0, 0.05) is 5.69 Å². The zero-order chi connectivity index (χ0) is 15.6. The molecule has 0 atom stereocenters. The second-order valence-electron chi connectivity index (χ2n) is 4.21. The van der Waals surface area contributed by atoms with Gasteiger partial charge in [0.25, 0.3) is 10.0 Å². The fourth-order valence-corrected chi connectivity index (χ4v) is 5.12. The molecule has 0 aliphatic rings. The smallest absolute Gasteiger partial charge is 0.345 e. The van der Waals surface area contributed by atoms with Gasteiger partial charge in [0.1, 0.15) is 9.77 Å². The van der Waals surface area contributed by atoms with E-state index < -0.39 is 16.0 Å². The lowest BCUT2D eigenvalue weighted by atomic mass is 10.2. The van der Waals surface area contributed by atoms with Gasteiger partial charge >= 0.3 is 5.97 Å². The molecule has 0 saturated heterocycles. The molecule has 1 aromatic carbocycles. The number of hydrogen-bond acceptors (Lipinski definition) is 4. The molecule has 0 amide bonds. The highest BCUT2D eigenvalue weighted by Crippen LogP contribution is 2.32. The van der Waals surface area contributed by atoms with E-state index in [0.717, 1.165) is 29.4 Å². The summed E-state index contributed by atoms with van der Waals surface area (Å²) in [5, 5.41) is 8.91. The number of carboxylic acids is 1. The van der Waals surface area contributed by atoms with Gasteiger partial charge in [-0.05, 0) is 46.1 Å². The second-order valence-corrected chi connectivity index (χ2v) is 8.23. The molecule has 8 heteroatoms. The van der Waals surface area contributed by atoms with Gasteiger partial charge < -0.3 is 5.11 Å². The number of hydrogen-bond donors (Lipinski definition) is 2. The summed E-state index contributed by atoms with van der Waals surface area (Å²) >= 11 is 3.96. The van der Waals surface area contributed by atoms with Gasteiger partial charge in [-0.25, -0.2) is 13.2 Å². The standard InChI is InChI=1S/C13H12BrNO4S2/c1-2-8-3-5-9(6-4-8)15-21(18,19)11-7-10(13(16)17)20-12(11)14/h3-7,15H,2H2,1H3,(H,16,17). The first-order valence-electron chi connectivity index (χ1n) is 5.98. The van der Waals surface area contributed by atoms with Gasteiger partial charge in [-0.3, -0.25) is 4.72 Å². The lowest BCUT2D eigenvalue weighted by Gasteiger charge is -2.07. The molecule has 0 aliphatic carbocycles. The monoisotopic (exact) mass is 389 g/mol. The predicted molar refractivity (Wildman–Crippen MR) is 85.6 cm³/mol. The zero-order valence-electron chi connectivity index (χ0n) is 11.0. The van der Waals surface area contributed by atoms with Crippen molar-refractivity contribution in [1.82, 2.24) is 0 Å². The minimum absolute atomic E-state index is 0.0384. The molecule has 21 heavy (non-hydrogen) atoms. The largest absolute Gasteiger partial charge is 0.477 e. The molecular weight excluding hydrogens is 378 g/mol. The number of benzene rings is 1. The summed E-state index contributed by atoms with van der Waals surface area (Å²) in [6.45, 7) is 2.01. The quantitative estimate of drug-likeness (QED) is 0.818. The molecule has 0 bridgehead atoms. The summed E-state index contributed by atoms with van der Waals surface area (Å²) < 4.78 is 27.3. The van der Waals surface area contributed by atoms with Crippen molar-refractivity contribution in [2.45, 2.75) is 18.2 Å². The van der Waals surface area contributed by atoms with Crippen LogP contribution in [0.15, 0.2) is 39.0 Å². The van der Waals surface area contributed by atoms with E-state index in [1.165, 1.54) is 0 Å². The van der Waals surface area contributed by atoms with Gasteiger partial charge in [-0.2, -0.15) is 0 Å². The Morgan fingerprint density at radius 3 is 2.43 bits per heavy atom. The maximum absolute atomic E-state index is 12.3. The van der Waals surface area contributed by atoms with Crippen LogP contribution in [0.3, 0.4) is 0 Å². The van der Waals surface area contributed by atoms with Crippen LogP contribution in [0.4, 0.5) is 5.69 Å². The Labute approximate surface area is 134 Å². The number of aryl methyl sites for hydroxylation is 1. The Morgan fingerprint density at radius 2 is 1.95 bits per heavy atom. The Hall–Kier alpha value is -1.38. The number of carbonyl (C=O) groups is 1. The molecule has 2 rings (SSSR count). The van der Waals surface area contributed by atoms with Crippen molar-refractivity contribution in [1.29, 1.82) is 0 Å². The van der Waals surface area contributed by atoms with E-state index in [1.807, 2.05) is 19.1 Å². The molecular formula is C13H12BrNO4S2. The summed E-state index contributed by atoms with van der Waals surface area (Å²) in [7, 11) is -3.83. The third-order valence-corrected chi connectivity index (χ3v) is 6.39. The van der Waals surface area contributed by atoms with Crippen LogP contribution in [0, 0.1) is 0 Å². The van der Waals surface area contributed by atoms with Crippen molar-refractivity contribution in [2.24, 2.45) is 0 Å².